The summed E-state index contributed by atoms with van der Waals surface area (Å²) >= 11 is 0. The van der Waals surface area contributed by atoms with Gasteiger partial charge in [0, 0.05) is 0 Å². The third-order valence-corrected chi connectivity index (χ3v) is 13.9. The second kappa shape index (κ2) is 6.55. The number of hydrogen-bond acceptors (Lipinski definition) is 1. The van der Waals surface area contributed by atoms with Crippen LogP contribution in [0.2, 0.25) is 0 Å². The monoisotopic (exact) mass is 428 g/mol. The molecule has 0 aromatic rings. The van der Waals surface area contributed by atoms with Crippen molar-refractivity contribution in [3.05, 3.63) is 0 Å². The Labute approximate surface area is 193 Å². The lowest BCUT2D eigenvalue weighted by molar-refractivity contribution is -0.263. The van der Waals surface area contributed by atoms with Crippen LogP contribution in [0, 0.1) is 56.2 Å². The molecule has 0 amide bonds. The second-order valence-corrected chi connectivity index (χ2v) is 15.5. The maximum absolute atomic E-state index is 10.7. The molecule has 5 saturated carbocycles. The number of rotatable bonds is 0. The Kier molecular flexibility index (Phi) is 4.80. The molecule has 0 aromatic carbocycles. The molecule has 178 valence electrons. The highest BCUT2D eigenvalue weighted by molar-refractivity contribution is 5.19. The minimum absolute atomic E-state index is 0.0781. The van der Waals surface area contributed by atoms with Crippen molar-refractivity contribution >= 4 is 0 Å². The van der Waals surface area contributed by atoms with Crippen LogP contribution >= 0.6 is 0 Å². The summed E-state index contributed by atoms with van der Waals surface area (Å²) in [5.74, 6) is 3.02. The molecule has 0 heterocycles. The second-order valence-electron chi connectivity index (χ2n) is 15.5. The van der Waals surface area contributed by atoms with Gasteiger partial charge in [-0.1, -0.05) is 55.4 Å². The summed E-state index contributed by atoms with van der Waals surface area (Å²) in [5.41, 5.74) is 2.88. The van der Waals surface area contributed by atoms with Gasteiger partial charge in [-0.3, -0.25) is 0 Å². The van der Waals surface area contributed by atoms with Crippen molar-refractivity contribution in [2.75, 3.05) is 0 Å². The Morgan fingerprint density at radius 3 is 1.90 bits per heavy atom. The third kappa shape index (κ3) is 2.77. The maximum Gasteiger partial charge on any atom is 0.0571 e. The van der Waals surface area contributed by atoms with Crippen molar-refractivity contribution in [3.63, 3.8) is 0 Å². The summed E-state index contributed by atoms with van der Waals surface area (Å²) in [6.45, 7) is 20.9. The molecule has 5 fully saturated rings. The van der Waals surface area contributed by atoms with E-state index in [-0.39, 0.29) is 6.10 Å². The van der Waals surface area contributed by atoms with Crippen molar-refractivity contribution in [2.24, 2.45) is 56.2 Å². The zero-order valence-corrected chi connectivity index (χ0v) is 22.1. The van der Waals surface area contributed by atoms with Gasteiger partial charge in [-0.05, 0) is 127 Å². The van der Waals surface area contributed by atoms with Crippen LogP contribution < -0.4 is 0 Å². The molecular weight excluding hydrogens is 376 g/mol. The molecule has 0 saturated heterocycles. The van der Waals surface area contributed by atoms with Crippen LogP contribution in [0.3, 0.4) is 0 Å². The van der Waals surface area contributed by atoms with Crippen LogP contribution in [0.1, 0.15) is 126 Å². The van der Waals surface area contributed by atoms with Crippen molar-refractivity contribution < 1.29 is 5.11 Å². The minimum Gasteiger partial charge on any atom is -0.393 e. The van der Waals surface area contributed by atoms with Gasteiger partial charge in [0.1, 0.15) is 0 Å². The van der Waals surface area contributed by atoms with E-state index in [1.807, 2.05) is 0 Å². The van der Waals surface area contributed by atoms with Crippen LogP contribution in [0.4, 0.5) is 0 Å². The third-order valence-electron chi connectivity index (χ3n) is 13.9. The Bertz CT molecular complexity index is 741. The molecule has 10 unspecified atom stereocenters. The molecule has 5 aliphatic carbocycles. The first-order valence-corrected chi connectivity index (χ1v) is 13.9. The van der Waals surface area contributed by atoms with Gasteiger partial charge >= 0.3 is 0 Å². The van der Waals surface area contributed by atoms with E-state index in [4.69, 9.17) is 0 Å². The molecule has 1 nitrogen and oxygen atoms in total. The highest BCUT2D eigenvalue weighted by Crippen LogP contribution is 2.78. The minimum atomic E-state index is -0.0781. The lowest BCUT2D eigenvalue weighted by Crippen LogP contribution is -2.67. The zero-order valence-electron chi connectivity index (χ0n) is 22.1. The van der Waals surface area contributed by atoms with Crippen LogP contribution in [0.15, 0.2) is 0 Å². The number of fused-ring (bicyclic) bond motifs is 7. The summed E-state index contributed by atoms with van der Waals surface area (Å²) in [6, 6.07) is 0. The van der Waals surface area contributed by atoms with Crippen LogP contribution in [-0.2, 0) is 0 Å². The zero-order chi connectivity index (χ0) is 22.7. The van der Waals surface area contributed by atoms with Gasteiger partial charge in [0.25, 0.3) is 0 Å². The van der Waals surface area contributed by atoms with E-state index in [2.05, 4.69) is 55.4 Å². The van der Waals surface area contributed by atoms with Crippen molar-refractivity contribution in [2.45, 2.75) is 132 Å². The van der Waals surface area contributed by atoms with Gasteiger partial charge in [-0.25, -0.2) is 0 Å². The predicted molar refractivity (Wildman–Crippen MR) is 131 cm³/mol. The molecule has 5 aliphatic rings. The molecule has 10 atom stereocenters. The maximum atomic E-state index is 10.7. The van der Waals surface area contributed by atoms with E-state index in [9.17, 15) is 5.11 Å². The molecule has 0 bridgehead atoms. The lowest BCUT2D eigenvalue weighted by Gasteiger charge is -2.75. The molecule has 31 heavy (non-hydrogen) atoms. The molecule has 0 spiro atoms. The van der Waals surface area contributed by atoms with E-state index >= 15 is 0 Å². The normalized spacial score (nSPS) is 60.9. The Morgan fingerprint density at radius 1 is 0.581 bits per heavy atom. The average Bonchev–Trinajstić information content (AvgIpc) is 2.69. The number of aliphatic hydroxyl groups is 1. The van der Waals surface area contributed by atoms with E-state index in [0.717, 1.165) is 24.2 Å². The molecule has 5 rings (SSSR count). The molecule has 1 N–H and O–H groups in total. The fourth-order valence-corrected chi connectivity index (χ4v) is 11.4. The fraction of sp³-hybridized carbons (Fsp3) is 1.00. The first-order chi connectivity index (χ1) is 14.2. The SMILES string of the molecule is CC1C(O)CCC2C1(C)CCC1C2(C)CCC2(C)C3CC(C)(C)CCC3(C)CCC12C. The number of hydrogen-bond donors (Lipinski definition) is 1. The fourth-order valence-electron chi connectivity index (χ4n) is 11.4. The van der Waals surface area contributed by atoms with Gasteiger partial charge < -0.3 is 5.11 Å². The average molecular weight is 429 g/mol. The summed E-state index contributed by atoms with van der Waals surface area (Å²) in [4.78, 5) is 0. The quantitative estimate of drug-likeness (QED) is 0.412. The number of aliphatic hydroxyl groups excluding tert-OH is 1. The largest absolute Gasteiger partial charge is 0.393 e. The molecule has 0 aliphatic heterocycles. The highest BCUT2D eigenvalue weighted by atomic mass is 16.3. The molecular formula is C30H52O. The van der Waals surface area contributed by atoms with Crippen LogP contribution in [0.5, 0.6) is 0 Å². The first-order valence-electron chi connectivity index (χ1n) is 13.9. The Balaban J connectivity index is 1.54. The Morgan fingerprint density at radius 2 is 1.19 bits per heavy atom. The van der Waals surface area contributed by atoms with Gasteiger partial charge in [0.15, 0.2) is 0 Å². The van der Waals surface area contributed by atoms with E-state index < -0.39 is 0 Å². The van der Waals surface area contributed by atoms with E-state index in [0.29, 0.717) is 38.4 Å². The summed E-state index contributed by atoms with van der Waals surface area (Å²) in [6.07, 6.45) is 15.1. The van der Waals surface area contributed by atoms with Gasteiger partial charge in [-0.2, -0.15) is 0 Å². The van der Waals surface area contributed by atoms with Gasteiger partial charge in [0.05, 0.1) is 6.10 Å². The predicted octanol–water partition coefficient (Wildman–Crippen LogP) is 8.25. The standard InChI is InChI=1S/C30H52O/c1-20-21(31)9-10-22-27(20,5)12-11-23-28(22,6)16-18-30(8)24-19-25(2,3)13-14-26(24,4)15-17-29(23,30)7/h20-24,31H,9-19H2,1-8H3. The van der Waals surface area contributed by atoms with Crippen molar-refractivity contribution in [1.82, 2.24) is 0 Å². The topological polar surface area (TPSA) is 20.2 Å². The van der Waals surface area contributed by atoms with Crippen molar-refractivity contribution in [1.29, 1.82) is 0 Å². The highest BCUT2D eigenvalue weighted by Gasteiger charge is 2.70. The lowest BCUT2D eigenvalue weighted by atomic mass is 9.30. The van der Waals surface area contributed by atoms with E-state index in [1.165, 1.54) is 64.2 Å². The first kappa shape index (κ1) is 22.7. The molecule has 0 radical (unpaired) electrons. The molecule has 1 heteroatoms. The Hall–Kier alpha value is -0.0400. The summed E-state index contributed by atoms with van der Waals surface area (Å²) in [7, 11) is 0. The molecule has 0 aromatic heterocycles. The van der Waals surface area contributed by atoms with Crippen LogP contribution in [-0.4, -0.2) is 11.2 Å². The van der Waals surface area contributed by atoms with Gasteiger partial charge in [-0.15, -0.1) is 0 Å². The summed E-state index contributed by atoms with van der Waals surface area (Å²) in [5, 5.41) is 10.7. The van der Waals surface area contributed by atoms with E-state index in [1.54, 1.807) is 0 Å². The smallest absolute Gasteiger partial charge is 0.0571 e. The van der Waals surface area contributed by atoms with Crippen molar-refractivity contribution in [3.8, 4) is 0 Å². The summed E-state index contributed by atoms with van der Waals surface area (Å²) < 4.78 is 0. The van der Waals surface area contributed by atoms with Gasteiger partial charge in [0.2, 0.25) is 0 Å². The van der Waals surface area contributed by atoms with Crippen LogP contribution in [0.25, 0.3) is 0 Å².